The zero-order valence-electron chi connectivity index (χ0n) is 21.1. The minimum atomic E-state index is -1.88. The highest BCUT2D eigenvalue weighted by Crippen LogP contribution is 2.40. The molecule has 0 unspecified atom stereocenters. The molecule has 9 nitrogen and oxygen atoms in total. The maximum absolute atomic E-state index is 14.4. The predicted octanol–water partition coefficient (Wildman–Crippen LogP) is 4.18. The third-order valence-corrected chi connectivity index (χ3v) is 6.60. The van der Waals surface area contributed by atoms with Gasteiger partial charge in [-0.05, 0) is 48.0 Å². The Morgan fingerprint density at radius 2 is 1.95 bits per heavy atom. The number of carbonyl (C=O) groups excluding carboxylic acids is 2. The predicted molar refractivity (Wildman–Crippen MR) is 141 cm³/mol. The molecule has 1 aromatic heterocycles. The van der Waals surface area contributed by atoms with Gasteiger partial charge in [0, 0.05) is 35.3 Å². The lowest BCUT2D eigenvalue weighted by molar-refractivity contribution is -0.117. The summed E-state index contributed by atoms with van der Waals surface area (Å²) in [6.45, 7) is -0.661. The van der Waals surface area contributed by atoms with Crippen molar-refractivity contribution in [3.63, 3.8) is 0 Å². The largest absolute Gasteiger partial charge is 0.488 e. The van der Waals surface area contributed by atoms with Crippen molar-refractivity contribution >= 4 is 29.1 Å². The van der Waals surface area contributed by atoms with E-state index in [9.17, 15) is 28.6 Å². The molecule has 1 aliphatic heterocycles. The van der Waals surface area contributed by atoms with E-state index in [4.69, 9.17) is 16.3 Å². The van der Waals surface area contributed by atoms with Crippen LogP contribution in [0.25, 0.3) is 11.3 Å². The number of aliphatic hydroxyl groups excluding tert-OH is 1. The fourth-order valence-corrected chi connectivity index (χ4v) is 4.72. The number of nitrogens with zero attached hydrogens (tertiary/aromatic N) is 3. The van der Waals surface area contributed by atoms with Crippen LogP contribution in [-0.2, 0) is 25.0 Å². The summed E-state index contributed by atoms with van der Waals surface area (Å²) in [5.74, 6) is -2.16. The number of aromatic nitrogens is 2. The Hall–Kier alpha value is -4.32. The van der Waals surface area contributed by atoms with Crippen molar-refractivity contribution in [3.05, 3.63) is 99.7 Å². The highest BCUT2D eigenvalue weighted by atomic mass is 35.5. The van der Waals surface area contributed by atoms with Crippen LogP contribution >= 0.6 is 11.6 Å². The van der Waals surface area contributed by atoms with Gasteiger partial charge >= 0.3 is 0 Å². The van der Waals surface area contributed by atoms with Crippen molar-refractivity contribution < 1.29 is 33.3 Å². The van der Waals surface area contributed by atoms with E-state index in [2.05, 4.69) is 10.4 Å². The molecule has 206 valence electrons. The second-order valence-corrected chi connectivity index (χ2v) is 9.62. The molecule has 0 spiro atoms. The number of benzene rings is 3. The first kappa shape index (κ1) is 27.3. The summed E-state index contributed by atoms with van der Waals surface area (Å²) >= 11 is 6.19. The maximum atomic E-state index is 14.4. The van der Waals surface area contributed by atoms with E-state index in [1.165, 1.54) is 22.9 Å². The molecular formula is C28H23ClF2N4O5. The van der Waals surface area contributed by atoms with Gasteiger partial charge in [0.1, 0.15) is 30.5 Å². The molecule has 40 heavy (non-hydrogen) atoms. The van der Waals surface area contributed by atoms with Crippen LogP contribution in [-0.4, -0.2) is 43.3 Å². The fraction of sp³-hybridized carbons (Fsp3) is 0.179. The van der Waals surface area contributed by atoms with Crippen molar-refractivity contribution in [2.45, 2.75) is 19.4 Å². The minimum absolute atomic E-state index is 0.0314. The van der Waals surface area contributed by atoms with Gasteiger partial charge in [0.25, 0.3) is 5.91 Å². The van der Waals surface area contributed by atoms with Gasteiger partial charge in [0.05, 0.1) is 11.4 Å². The molecule has 1 aliphatic rings. The van der Waals surface area contributed by atoms with E-state index in [1.807, 2.05) is 0 Å². The molecule has 0 bridgehead atoms. The molecule has 0 saturated heterocycles. The van der Waals surface area contributed by atoms with Crippen LogP contribution in [0.4, 0.5) is 14.5 Å². The van der Waals surface area contributed by atoms with Crippen molar-refractivity contribution in [1.29, 1.82) is 0 Å². The van der Waals surface area contributed by atoms with Gasteiger partial charge < -0.3 is 25.2 Å². The Kier molecular flexibility index (Phi) is 7.53. The Morgan fingerprint density at radius 1 is 1.15 bits per heavy atom. The van der Waals surface area contributed by atoms with Gasteiger partial charge in [0.2, 0.25) is 5.91 Å². The highest BCUT2D eigenvalue weighted by molar-refractivity contribution is 6.31. The number of rotatable bonds is 7. The summed E-state index contributed by atoms with van der Waals surface area (Å²) in [6.07, 6.45) is -1.88. The van der Waals surface area contributed by atoms with Crippen LogP contribution in [0.15, 0.2) is 60.7 Å². The molecule has 2 amide bonds. The van der Waals surface area contributed by atoms with E-state index in [0.717, 1.165) is 23.1 Å². The second kappa shape index (κ2) is 11.0. The first-order valence-electron chi connectivity index (χ1n) is 12.1. The summed E-state index contributed by atoms with van der Waals surface area (Å²) in [5.41, 5.74) is 1.88. The lowest BCUT2D eigenvalue weighted by atomic mass is 10.0. The number of nitrogens with one attached hydrogen (secondary N) is 1. The third-order valence-electron chi connectivity index (χ3n) is 6.36. The Bertz CT molecular complexity index is 1620. The molecule has 0 fully saturated rings. The number of ether oxygens (including phenoxy) is 1. The van der Waals surface area contributed by atoms with Gasteiger partial charge in [0.15, 0.2) is 12.0 Å². The molecule has 0 atom stereocenters. The number of halogens is 3. The smallest absolute Gasteiger partial charge is 0.275 e. The lowest BCUT2D eigenvalue weighted by Gasteiger charge is -2.23. The van der Waals surface area contributed by atoms with Crippen molar-refractivity contribution in [1.82, 2.24) is 14.7 Å². The summed E-state index contributed by atoms with van der Waals surface area (Å²) in [4.78, 5) is 28.0. The van der Waals surface area contributed by atoms with Crippen molar-refractivity contribution in [3.8, 4) is 17.0 Å². The molecular weight excluding hydrogens is 546 g/mol. The molecule has 0 radical (unpaired) electrons. The van der Waals surface area contributed by atoms with Crippen LogP contribution in [0.5, 0.6) is 5.75 Å². The minimum Gasteiger partial charge on any atom is -0.488 e. The van der Waals surface area contributed by atoms with E-state index < -0.39 is 36.3 Å². The Balaban J connectivity index is 1.47. The molecule has 5 rings (SSSR count). The highest BCUT2D eigenvalue weighted by Gasteiger charge is 2.32. The number of hydrogen-bond donors (Lipinski definition) is 3. The average molecular weight is 569 g/mol. The lowest BCUT2D eigenvalue weighted by Crippen LogP contribution is -2.38. The number of fused-ring (bicyclic) bond motifs is 3. The number of carbonyl (C=O) groups is 2. The zero-order chi connectivity index (χ0) is 28.6. The molecule has 2 heterocycles. The fourth-order valence-electron chi connectivity index (χ4n) is 4.54. The first-order chi connectivity index (χ1) is 19.1. The van der Waals surface area contributed by atoms with Gasteiger partial charge in [-0.1, -0.05) is 29.8 Å². The van der Waals surface area contributed by atoms with Crippen molar-refractivity contribution in [2.75, 3.05) is 11.9 Å². The van der Waals surface area contributed by atoms with Crippen LogP contribution in [0.3, 0.4) is 0 Å². The van der Waals surface area contributed by atoms with Crippen LogP contribution in [0.1, 0.15) is 33.5 Å². The zero-order valence-corrected chi connectivity index (χ0v) is 21.8. The first-order valence-corrected chi connectivity index (χ1v) is 12.5. The summed E-state index contributed by atoms with van der Waals surface area (Å²) < 4.78 is 35.6. The standard InChI is InChI=1S/C28H23ClF2N4O5/c1-34-26-19-11-17(29)6-8-23(19)40-14-20(26)25(33-34)27(37)35(12-15-3-2-4-18(30)9-15)13-24(36)32-22-10-16(28(38)39)5-7-21(22)31/h2-11,28,38-39H,12-14H2,1H3,(H,32,36). The molecule has 12 heteroatoms. The van der Waals surface area contributed by atoms with E-state index in [1.54, 1.807) is 31.3 Å². The van der Waals surface area contributed by atoms with Crippen LogP contribution < -0.4 is 10.1 Å². The maximum Gasteiger partial charge on any atom is 0.275 e. The summed E-state index contributed by atoms with van der Waals surface area (Å²) in [6, 6.07) is 13.9. The number of hydrogen-bond acceptors (Lipinski definition) is 6. The van der Waals surface area contributed by atoms with Crippen LogP contribution in [0.2, 0.25) is 5.02 Å². The third kappa shape index (κ3) is 5.53. The second-order valence-electron chi connectivity index (χ2n) is 9.18. The number of aliphatic hydroxyl groups is 2. The van der Waals surface area contributed by atoms with Gasteiger partial charge in [-0.15, -0.1) is 0 Å². The summed E-state index contributed by atoms with van der Waals surface area (Å²) in [5, 5.41) is 26.0. The van der Waals surface area contributed by atoms with Gasteiger partial charge in [-0.3, -0.25) is 14.3 Å². The quantitative estimate of drug-likeness (QED) is 0.288. The molecule has 0 saturated carbocycles. The SMILES string of the molecule is Cn1nc(C(=O)N(CC(=O)Nc2cc(C(O)O)ccc2F)Cc2cccc(F)c2)c2c1-c1cc(Cl)ccc1OC2. The monoisotopic (exact) mass is 568 g/mol. The Labute approximate surface area is 232 Å². The Morgan fingerprint density at radius 3 is 2.70 bits per heavy atom. The normalized spacial score (nSPS) is 12.0. The molecule has 4 aromatic rings. The topological polar surface area (TPSA) is 117 Å². The van der Waals surface area contributed by atoms with E-state index >= 15 is 0 Å². The van der Waals surface area contributed by atoms with E-state index in [0.29, 0.717) is 33.2 Å². The van der Waals surface area contributed by atoms with Gasteiger partial charge in [-0.2, -0.15) is 5.10 Å². The van der Waals surface area contributed by atoms with Crippen LogP contribution in [0, 0.1) is 11.6 Å². The molecule has 3 aromatic carbocycles. The molecule has 0 aliphatic carbocycles. The van der Waals surface area contributed by atoms with Crippen molar-refractivity contribution in [2.24, 2.45) is 7.05 Å². The molecule has 3 N–H and O–H groups in total. The van der Waals surface area contributed by atoms with Gasteiger partial charge in [-0.25, -0.2) is 8.78 Å². The number of anilines is 1. The average Bonchev–Trinajstić information content (AvgIpc) is 3.25. The van der Waals surface area contributed by atoms with E-state index in [-0.39, 0.29) is 30.1 Å². The number of amides is 2. The summed E-state index contributed by atoms with van der Waals surface area (Å²) in [7, 11) is 1.67. The number of aryl methyl sites for hydroxylation is 1.